The van der Waals surface area contributed by atoms with E-state index in [2.05, 4.69) is 158 Å². The summed E-state index contributed by atoms with van der Waals surface area (Å²) >= 11 is 0. The number of hydrogen-bond donors (Lipinski definition) is 0. The summed E-state index contributed by atoms with van der Waals surface area (Å²) in [7, 11) is 0. The predicted molar refractivity (Wildman–Crippen MR) is 196 cm³/mol. The van der Waals surface area contributed by atoms with Crippen LogP contribution >= 0.6 is 0 Å². The molecule has 0 aromatic heterocycles. The van der Waals surface area contributed by atoms with Crippen molar-refractivity contribution in [2.24, 2.45) is 11.8 Å². The lowest BCUT2D eigenvalue weighted by molar-refractivity contribution is 0.327. The SMILES string of the molecule is CC1(C)c2ccccc2-c2ccc(N(c3cccc(-c4ccccc4)c3)c3cccc4c3-c3ccccc3C43CC4CCC3C4)cc21. The van der Waals surface area contributed by atoms with Gasteiger partial charge in [-0.2, -0.15) is 0 Å². The normalized spacial score (nSPS) is 22.2. The van der Waals surface area contributed by atoms with E-state index >= 15 is 0 Å². The van der Waals surface area contributed by atoms with Crippen LogP contribution in [0.3, 0.4) is 0 Å². The second-order valence-electron chi connectivity index (χ2n) is 14.9. The van der Waals surface area contributed by atoms with Gasteiger partial charge >= 0.3 is 0 Å². The van der Waals surface area contributed by atoms with Crippen molar-refractivity contribution in [1.29, 1.82) is 0 Å². The van der Waals surface area contributed by atoms with E-state index in [-0.39, 0.29) is 10.8 Å². The third-order valence-electron chi connectivity index (χ3n) is 12.3. The molecule has 1 nitrogen and oxygen atoms in total. The highest BCUT2D eigenvalue weighted by molar-refractivity contribution is 5.96. The minimum atomic E-state index is -0.0716. The molecule has 228 valence electrons. The minimum absolute atomic E-state index is 0.0716. The summed E-state index contributed by atoms with van der Waals surface area (Å²) in [6.45, 7) is 4.77. The van der Waals surface area contributed by atoms with Crippen molar-refractivity contribution in [2.75, 3.05) is 4.90 Å². The molecule has 0 radical (unpaired) electrons. The van der Waals surface area contributed by atoms with Gasteiger partial charge < -0.3 is 4.90 Å². The molecule has 1 spiro atoms. The zero-order valence-electron chi connectivity index (χ0n) is 27.2. The van der Waals surface area contributed by atoms with Gasteiger partial charge in [0.1, 0.15) is 0 Å². The average Bonchev–Trinajstić information content (AvgIpc) is 3.86. The van der Waals surface area contributed by atoms with E-state index in [1.165, 1.54) is 87.3 Å². The summed E-state index contributed by atoms with van der Waals surface area (Å²) in [5.74, 6) is 1.58. The van der Waals surface area contributed by atoms with Crippen LogP contribution in [0.4, 0.5) is 17.1 Å². The Morgan fingerprint density at radius 1 is 0.532 bits per heavy atom. The zero-order valence-corrected chi connectivity index (χ0v) is 27.2. The molecule has 2 saturated carbocycles. The first kappa shape index (κ1) is 27.3. The monoisotopic (exact) mass is 605 g/mol. The number of fused-ring (bicyclic) bond motifs is 11. The maximum atomic E-state index is 2.56. The highest BCUT2D eigenvalue weighted by Crippen LogP contribution is 2.67. The van der Waals surface area contributed by atoms with Crippen LogP contribution in [-0.2, 0) is 10.8 Å². The van der Waals surface area contributed by atoms with Crippen LogP contribution in [0.5, 0.6) is 0 Å². The van der Waals surface area contributed by atoms with Crippen LogP contribution in [0.15, 0.2) is 140 Å². The van der Waals surface area contributed by atoms with Crippen molar-refractivity contribution in [2.45, 2.75) is 50.4 Å². The lowest BCUT2D eigenvalue weighted by Crippen LogP contribution is -2.31. The molecule has 3 atom stereocenters. The van der Waals surface area contributed by atoms with Crippen LogP contribution < -0.4 is 4.90 Å². The van der Waals surface area contributed by atoms with Gasteiger partial charge in [0.15, 0.2) is 0 Å². The van der Waals surface area contributed by atoms with E-state index in [1.807, 2.05) is 0 Å². The maximum absolute atomic E-state index is 2.56. The Morgan fingerprint density at radius 3 is 2.02 bits per heavy atom. The molecule has 1 heteroatoms. The van der Waals surface area contributed by atoms with E-state index in [0.29, 0.717) is 0 Å². The topological polar surface area (TPSA) is 3.24 Å². The summed E-state index contributed by atoms with van der Waals surface area (Å²) in [5, 5.41) is 0. The first-order chi connectivity index (χ1) is 23.0. The highest BCUT2D eigenvalue weighted by atomic mass is 15.1. The van der Waals surface area contributed by atoms with E-state index in [1.54, 1.807) is 11.1 Å². The Hall–Kier alpha value is -4.88. The fraction of sp³-hybridized carbons (Fsp3) is 0.217. The fourth-order valence-electron chi connectivity index (χ4n) is 10.3. The number of rotatable bonds is 4. The lowest BCUT2D eigenvalue weighted by atomic mass is 9.67. The van der Waals surface area contributed by atoms with Crippen LogP contribution in [0.1, 0.15) is 61.8 Å². The van der Waals surface area contributed by atoms with Crippen LogP contribution in [0.2, 0.25) is 0 Å². The van der Waals surface area contributed by atoms with Crippen molar-refractivity contribution in [3.8, 4) is 33.4 Å². The predicted octanol–water partition coefficient (Wildman–Crippen LogP) is 12.2. The second kappa shape index (κ2) is 9.81. The lowest BCUT2D eigenvalue weighted by Gasteiger charge is -2.37. The van der Waals surface area contributed by atoms with Crippen molar-refractivity contribution in [3.05, 3.63) is 162 Å². The highest BCUT2D eigenvalue weighted by Gasteiger charge is 2.57. The van der Waals surface area contributed by atoms with Crippen molar-refractivity contribution in [1.82, 2.24) is 0 Å². The molecule has 10 rings (SSSR count). The molecule has 6 aromatic rings. The van der Waals surface area contributed by atoms with Gasteiger partial charge in [0.25, 0.3) is 0 Å². The fourth-order valence-corrected chi connectivity index (χ4v) is 10.3. The summed E-state index contributed by atoms with van der Waals surface area (Å²) < 4.78 is 0. The van der Waals surface area contributed by atoms with Gasteiger partial charge in [0.2, 0.25) is 0 Å². The largest absolute Gasteiger partial charge is 0.310 e. The van der Waals surface area contributed by atoms with Crippen LogP contribution in [0, 0.1) is 11.8 Å². The molecule has 6 aromatic carbocycles. The van der Waals surface area contributed by atoms with Gasteiger partial charge in [-0.25, -0.2) is 0 Å². The molecular weight excluding hydrogens is 567 g/mol. The molecule has 0 N–H and O–H groups in total. The third-order valence-corrected chi connectivity index (χ3v) is 12.3. The van der Waals surface area contributed by atoms with Gasteiger partial charge in [-0.05, 0) is 112 Å². The van der Waals surface area contributed by atoms with Gasteiger partial charge in [-0.3, -0.25) is 0 Å². The van der Waals surface area contributed by atoms with E-state index < -0.39 is 0 Å². The molecule has 0 aliphatic heterocycles. The van der Waals surface area contributed by atoms with Gasteiger partial charge in [0, 0.05) is 27.8 Å². The Balaban J connectivity index is 1.23. The van der Waals surface area contributed by atoms with Gasteiger partial charge in [-0.1, -0.05) is 129 Å². The Labute approximate surface area is 278 Å². The first-order valence-electron chi connectivity index (χ1n) is 17.5. The molecule has 0 heterocycles. The molecule has 2 fully saturated rings. The second-order valence-corrected chi connectivity index (χ2v) is 14.9. The Kier molecular flexibility index (Phi) is 5.69. The minimum Gasteiger partial charge on any atom is -0.310 e. The Morgan fingerprint density at radius 2 is 1.21 bits per heavy atom. The molecule has 4 aliphatic carbocycles. The first-order valence-corrected chi connectivity index (χ1v) is 17.5. The number of hydrogen-bond acceptors (Lipinski definition) is 1. The maximum Gasteiger partial charge on any atom is 0.0543 e. The van der Waals surface area contributed by atoms with Gasteiger partial charge in [0.05, 0.1) is 5.69 Å². The smallest absolute Gasteiger partial charge is 0.0543 e. The summed E-state index contributed by atoms with van der Waals surface area (Å²) in [6.07, 6.45) is 5.42. The summed E-state index contributed by atoms with van der Waals surface area (Å²) in [5.41, 5.74) is 17.8. The molecular formula is C46H39N. The molecule has 47 heavy (non-hydrogen) atoms. The van der Waals surface area contributed by atoms with Crippen molar-refractivity contribution >= 4 is 17.1 Å². The third kappa shape index (κ3) is 3.72. The summed E-state index contributed by atoms with van der Waals surface area (Å²) in [6, 6.07) is 52.7. The number of anilines is 3. The van der Waals surface area contributed by atoms with Crippen molar-refractivity contribution < 1.29 is 0 Å². The van der Waals surface area contributed by atoms with Crippen molar-refractivity contribution in [3.63, 3.8) is 0 Å². The quantitative estimate of drug-likeness (QED) is 0.193. The van der Waals surface area contributed by atoms with E-state index in [4.69, 9.17) is 0 Å². The van der Waals surface area contributed by atoms with Gasteiger partial charge in [-0.15, -0.1) is 0 Å². The molecule has 3 unspecified atom stereocenters. The summed E-state index contributed by atoms with van der Waals surface area (Å²) in [4.78, 5) is 2.56. The van der Waals surface area contributed by atoms with E-state index in [9.17, 15) is 0 Å². The zero-order chi connectivity index (χ0) is 31.3. The van der Waals surface area contributed by atoms with E-state index in [0.717, 1.165) is 11.8 Å². The average molecular weight is 606 g/mol. The molecule has 0 saturated heterocycles. The standard InChI is InChI=1S/C46H39N/c1-45(2)39-18-8-6-16-36(39)37-25-24-35(28-42(37)45)47(34-15-10-14-32(27-34)31-12-4-3-5-13-31)43-21-11-20-41-44(43)38-17-7-9-19-40(38)46(41)29-30-22-23-33(46)26-30/h3-21,24-25,27-28,30,33H,22-23,26,29H2,1-2H3. The Bertz CT molecular complexity index is 2210. The molecule has 0 amide bonds. The molecule has 2 bridgehead atoms. The number of benzene rings is 6. The van der Waals surface area contributed by atoms with Crippen LogP contribution in [-0.4, -0.2) is 0 Å². The number of nitrogens with zero attached hydrogens (tertiary/aromatic N) is 1. The molecule has 4 aliphatic rings. The van der Waals surface area contributed by atoms with Crippen LogP contribution in [0.25, 0.3) is 33.4 Å².